The summed E-state index contributed by atoms with van der Waals surface area (Å²) in [6, 6.07) is 9.81. The van der Waals surface area contributed by atoms with E-state index in [1.807, 2.05) is 43.5 Å². The Hall–Kier alpha value is -2.10. The van der Waals surface area contributed by atoms with Crippen LogP contribution in [0.3, 0.4) is 0 Å². The van der Waals surface area contributed by atoms with Crippen molar-refractivity contribution in [1.82, 2.24) is 10.0 Å². The van der Waals surface area contributed by atoms with Gasteiger partial charge in [0, 0.05) is 18.7 Å². The van der Waals surface area contributed by atoms with Crippen molar-refractivity contribution < 1.29 is 9.59 Å². The fraction of sp³-hybridized carbons (Fsp3) is 0.286. The Morgan fingerprint density at radius 3 is 2.56 bits per heavy atom. The van der Waals surface area contributed by atoms with Crippen molar-refractivity contribution in [2.24, 2.45) is 0 Å². The molecule has 4 nitrogen and oxygen atoms in total. The third-order valence-electron chi connectivity index (χ3n) is 3.78. The van der Waals surface area contributed by atoms with Crippen molar-refractivity contribution >= 4 is 17.3 Å². The maximum absolute atomic E-state index is 12.2. The summed E-state index contributed by atoms with van der Waals surface area (Å²) >= 11 is 0. The summed E-state index contributed by atoms with van der Waals surface area (Å²) in [6.07, 6.45) is 1.88. The minimum atomic E-state index is -0.674. The van der Waals surface area contributed by atoms with E-state index in [2.05, 4.69) is 0 Å². The minimum Gasteiger partial charge on any atom is -0.294 e. The van der Waals surface area contributed by atoms with Crippen LogP contribution in [-0.2, 0) is 9.59 Å². The predicted molar refractivity (Wildman–Crippen MR) is 67.1 cm³/mol. The second-order valence-electron chi connectivity index (χ2n) is 4.83. The van der Waals surface area contributed by atoms with Gasteiger partial charge < -0.3 is 0 Å². The average Bonchev–Trinajstić information content (AvgIpc) is 2.53. The number of carbonyl (C=O) groups excluding carboxylic acids is 2. The van der Waals surface area contributed by atoms with Crippen LogP contribution in [0.2, 0.25) is 0 Å². The highest BCUT2D eigenvalue weighted by atomic mass is 16.2. The van der Waals surface area contributed by atoms with E-state index in [0.717, 1.165) is 11.1 Å². The van der Waals surface area contributed by atoms with E-state index < -0.39 is 5.54 Å². The van der Waals surface area contributed by atoms with Crippen LogP contribution in [0.1, 0.15) is 19.4 Å². The van der Waals surface area contributed by atoms with Gasteiger partial charge in [0.05, 0.1) is 0 Å². The SMILES string of the molecule is CC(=O)N1CC(=O)C2(C)C(c3ccccc3)=CN12. The van der Waals surface area contributed by atoms with E-state index in [1.165, 1.54) is 11.9 Å². The van der Waals surface area contributed by atoms with Crippen molar-refractivity contribution in [3.8, 4) is 0 Å². The number of nitrogens with zero attached hydrogens (tertiary/aromatic N) is 2. The molecule has 2 aliphatic rings. The molecule has 0 spiro atoms. The first kappa shape index (κ1) is 11.0. The highest BCUT2D eigenvalue weighted by Gasteiger charge is 2.57. The molecule has 0 aliphatic carbocycles. The van der Waals surface area contributed by atoms with E-state index in [9.17, 15) is 9.59 Å². The van der Waals surface area contributed by atoms with Crippen LogP contribution in [0.25, 0.3) is 5.57 Å². The Bertz CT molecular complexity index is 564. The number of benzene rings is 1. The molecule has 0 N–H and O–H groups in total. The smallest absolute Gasteiger partial charge is 0.238 e. The second-order valence-corrected chi connectivity index (χ2v) is 4.83. The van der Waals surface area contributed by atoms with Gasteiger partial charge in [-0.05, 0) is 12.5 Å². The number of ketones is 1. The van der Waals surface area contributed by atoms with Gasteiger partial charge in [-0.2, -0.15) is 0 Å². The standard InChI is InChI=1S/C14H14N2O2/c1-10(17)15-9-13(18)14(2)12(8-16(14)15)11-6-4-3-5-7-11/h3-8H,9H2,1-2H3. The van der Waals surface area contributed by atoms with Gasteiger partial charge in [-0.3, -0.25) is 14.6 Å². The van der Waals surface area contributed by atoms with Gasteiger partial charge in [0.1, 0.15) is 12.1 Å². The maximum Gasteiger partial charge on any atom is 0.238 e. The Kier molecular flexibility index (Phi) is 2.11. The summed E-state index contributed by atoms with van der Waals surface area (Å²) in [5.41, 5.74) is 1.35. The van der Waals surface area contributed by atoms with Crippen molar-refractivity contribution in [3.05, 3.63) is 42.1 Å². The average molecular weight is 242 g/mol. The summed E-state index contributed by atoms with van der Waals surface area (Å²) in [5.74, 6) is -0.0329. The van der Waals surface area contributed by atoms with Gasteiger partial charge in [0.25, 0.3) is 0 Å². The summed E-state index contributed by atoms with van der Waals surface area (Å²) in [4.78, 5) is 23.6. The predicted octanol–water partition coefficient (Wildman–Crippen LogP) is 1.45. The third kappa shape index (κ3) is 1.20. The zero-order valence-electron chi connectivity index (χ0n) is 10.4. The molecule has 4 heteroatoms. The van der Waals surface area contributed by atoms with E-state index in [0.29, 0.717) is 0 Å². The minimum absolute atomic E-state index is 0.0686. The molecule has 3 rings (SSSR count). The van der Waals surface area contributed by atoms with Crippen molar-refractivity contribution in [3.63, 3.8) is 0 Å². The number of rotatable bonds is 1. The van der Waals surface area contributed by atoms with Crippen LogP contribution in [0.5, 0.6) is 0 Å². The quantitative estimate of drug-likeness (QED) is 0.748. The number of fused-ring (bicyclic) bond motifs is 1. The monoisotopic (exact) mass is 242 g/mol. The van der Waals surface area contributed by atoms with Crippen LogP contribution in [0.4, 0.5) is 0 Å². The third-order valence-corrected chi connectivity index (χ3v) is 3.78. The zero-order chi connectivity index (χ0) is 12.9. The molecule has 1 aromatic carbocycles. The molecule has 0 aromatic heterocycles. The highest BCUT2D eigenvalue weighted by Crippen LogP contribution is 2.46. The number of hydrogen-bond donors (Lipinski definition) is 0. The topological polar surface area (TPSA) is 40.6 Å². The number of hydrogen-bond acceptors (Lipinski definition) is 3. The first-order valence-electron chi connectivity index (χ1n) is 5.93. The second kappa shape index (κ2) is 3.45. The summed E-state index contributed by atoms with van der Waals surface area (Å²) in [7, 11) is 0. The Morgan fingerprint density at radius 2 is 1.94 bits per heavy atom. The Labute approximate surface area is 105 Å². The van der Waals surface area contributed by atoms with Crippen LogP contribution in [0.15, 0.2) is 36.5 Å². The van der Waals surface area contributed by atoms with Gasteiger partial charge in [-0.1, -0.05) is 30.3 Å². The summed E-state index contributed by atoms with van der Waals surface area (Å²) in [6.45, 7) is 3.52. The van der Waals surface area contributed by atoms with Crippen LogP contribution < -0.4 is 0 Å². The van der Waals surface area contributed by atoms with E-state index in [4.69, 9.17) is 0 Å². The molecule has 1 saturated heterocycles. The molecule has 18 heavy (non-hydrogen) atoms. The van der Waals surface area contributed by atoms with Crippen molar-refractivity contribution in [2.45, 2.75) is 19.4 Å². The molecule has 2 heterocycles. The lowest BCUT2D eigenvalue weighted by molar-refractivity contribution is -0.141. The highest BCUT2D eigenvalue weighted by molar-refractivity contribution is 6.08. The zero-order valence-corrected chi connectivity index (χ0v) is 10.4. The van der Waals surface area contributed by atoms with Gasteiger partial charge in [-0.15, -0.1) is 0 Å². The molecular formula is C14H14N2O2. The normalized spacial score (nSPS) is 25.7. The number of amides is 1. The van der Waals surface area contributed by atoms with Gasteiger partial charge in [0.15, 0.2) is 5.78 Å². The van der Waals surface area contributed by atoms with E-state index in [-0.39, 0.29) is 18.2 Å². The van der Waals surface area contributed by atoms with E-state index in [1.54, 1.807) is 5.01 Å². The Balaban J connectivity index is 2.03. The molecule has 1 unspecified atom stereocenters. The van der Waals surface area contributed by atoms with Crippen molar-refractivity contribution in [2.75, 3.05) is 6.54 Å². The van der Waals surface area contributed by atoms with Crippen LogP contribution in [-0.4, -0.2) is 33.8 Å². The maximum atomic E-state index is 12.2. The lowest BCUT2D eigenvalue weighted by Gasteiger charge is -2.46. The fourth-order valence-electron chi connectivity index (χ4n) is 2.63. The molecule has 92 valence electrons. The van der Waals surface area contributed by atoms with Crippen LogP contribution >= 0.6 is 0 Å². The first-order chi connectivity index (χ1) is 8.55. The molecule has 0 radical (unpaired) electrons. The lowest BCUT2D eigenvalue weighted by Crippen LogP contribution is -2.55. The largest absolute Gasteiger partial charge is 0.294 e. The van der Waals surface area contributed by atoms with Gasteiger partial charge in [0.2, 0.25) is 5.91 Å². The molecule has 0 saturated carbocycles. The van der Waals surface area contributed by atoms with Crippen molar-refractivity contribution in [1.29, 1.82) is 0 Å². The molecular weight excluding hydrogens is 228 g/mol. The molecule has 0 bridgehead atoms. The first-order valence-corrected chi connectivity index (χ1v) is 5.93. The number of carbonyl (C=O) groups is 2. The molecule has 1 atom stereocenters. The molecule has 1 aromatic rings. The van der Waals surface area contributed by atoms with E-state index >= 15 is 0 Å². The summed E-state index contributed by atoms with van der Waals surface area (Å²) < 4.78 is 0. The molecule has 1 amide bonds. The fourth-order valence-corrected chi connectivity index (χ4v) is 2.63. The number of Topliss-reactive ketones (excluding diaryl/α,β-unsaturated/α-hetero) is 1. The molecule has 1 fully saturated rings. The lowest BCUT2D eigenvalue weighted by atomic mass is 9.79. The van der Waals surface area contributed by atoms with Gasteiger partial charge in [-0.25, -0.2) is 5.01 Å². The Morgan fingerprint density at radius 1 is 1.28 bits per heavy atom. The summed E-state index contributed by atoms with van der Waals surface area (Å²) in [5, 5.41) is 3.24. The van der Waals surface area contributed by atoms with Crippen LogP contribution in [0, 0.1) is 0 Å². The molecule has 2 aliphatic heterocycles. The number of hydrazine groups is 1. The van der Waals surface area contributed by atoms with Gasteiger partial charge >= 0.3 is 0 Å².